The molecule has 1 aliphatic carbocycles. The Balaban J connectivity index is 0.615. The quantitative estimate of drug-likeness (QED) is 0.0375. The fraction of sp³-hybridized carbons (Fsp3) is 0.467. The van der Waals surface area contributed by atoms with E-state index in [1.807, 2.05) is 103 Å². The molecule has 3 aliphatic heterocycles. The number of amides is 4. The van der Waals surface area contributed by atoms with E-state index in [4.69, 9.17) is 9.47 Å². The van der Waals surface area contributed by atoms with Gasteiger partial charge in [0.05, 0.1) is 35.6 Å². The van der Waals surface area contributed by atoms with Gasteiger partial charge >= 0.3 is 18.4 Å². The SMILES string of the molecule is CN(CCCCCC(=O)N(C)CCN1CCC(N(C(=O)O)c2ccccc2-c2ccccc2)CC1)Cc1ccc(C(O)CCCN(C)C(=O)CO[C@H]2Cc3ccccc3C23CCN(CC[C@]2(c4ccc(F)cc4)CN(C(=O)c4cc(C(F)(F)F)cc(C(F)(F)F)c4)CO2)CC3)cc1. The molecule has 4 aliphatic rings. The van der Waals surface area contributed by atoms with Crippen LogP contribution in [0.25, 0.3) is 11.1 Å². The number of hydrogen-bond acceptors (Lipinski definition) is 10. The third-order valence-corrected chi connectivity index (χ3v) is 20.2. The Morgan fingerprint density at radius 2 is 1.33 bits per heavy atom. The predicted octanol–water partition coefficient (Wildman–Crippen LogP) is 13.3. The van der Waals surface area contributed by atoms with E-state index in [0.29, 0.717) is 107 Å². The standard InChI is InChI=1S/C75H88F7N7O8/c1-83(36-13-5-8-22-68(91)85(3)43-44-86-38-31-62(32-39-86)89(71(94)95)65-20-12-10-18-63(65)54-15-6-4-7-16-54)49-53-23-25-55(26-24-53)66(90)21-14-37-84(2)69(92)50-96-67-47-56-17-9-11-19-64(56)72(67)33-40-87(41-34-72)42-35-73(58-27-29-61(76)30-28-58)51-88(52-97-73)70(93)57-45-59(74(77,78)79)48-60(46-57)75(80,81)82/h4,6-7,9-12,15-20,23-30,45-46,48,62,66-67,90H,5,8,13-14,21-22,31-44,47,49-52H2,1-3H3,(H,94,95)/t66?,67-,73+/m0/s1. The second-order valence-electron chi connectivity index (χ2n) is 26.7. The van der Waals surface area contributed by atoms with Crippen LogP contribution in [0.3, 0.4) is 0 Å². The summed E-state index contributed by atoms with van der Waals surface area (Å²) in [6.07, 6.45) is -4.40. The number of fused-ring (bicyclic) bond motifs is 2. The third kappa shape index (κ3) is 18.0. The summed E-state index contributed by atoms with van der Waals surface area (Å²) in [6, 6.07) is 39.8. The second kappa shape index (κ2) is 31.9. The molecule has 22 heteroatoms. The molecule has 0 radical (unpaired) electrons. The number of likely N-dealkylation sites (tertiary alicyclic amines) is 2. The Hall–Kier alpha value is -7.73. The highest BCUT2D eigenvalue weighted by molar-refractivity contribution is 5.95. The van der Waals surface area contributed by atoms with Crippen LogP contribution in [0, 0.1) is 5.82 Å². The minimum atomic E-state index is -5.15. The zero-order valence-corrected chi connectivity index (χ0v) is 55.4. The molecule has 10 rings (SSSR count). The van der Waals surface area contributed by atoms with Crippen LogP contribution in [0.15, 0.2) is 146 Å². The number of halogens is 7. The van der Waals surface area contributed by atoms with Gasteiger partial charge in [-0.05, 0) is 161 Å². The Morgan fingerprint density at radius 3 is 2.01 bits per heavy atom. The number of benzene rings is 6. The smallest absolute Gasteiger partial charge is 0.416 e. The van der Waals surface area contributed by atoms with Gasteiger partial charge in [-0.3, -0.25) is 19.3 Å². The summed E-state index contributed by atoms with van der Waals surface area (Å²) in [6.45, 7) is 5.78. The highest BCUT2D eigenvalue weighted by Gasteiger charge is 2.50. The largest absolute Gasteiger partial charge is 0.465 e. The van der Waals surface area contributed by atoms with Crippen molar-refractivity contribution < 1.29 is 69.6 Å². The topological polar surface area (TPSA) is 150 Å². The number of ether oxygens (including phenoxy) is 2. The summed E-state index contributed by atoms with van der Waals surface area (Å²) in [5.41, 5.74) is 1.64. The number of aliphatic hydroxyl groups excluding tert-OH is 1. The number of unbranched alkanes of at least 4 members (excludes halogenated alkanes) is 2. The second-order valence-corrected chi connectivity index (χ2v) is 26.7. The molecule has 3 atom stereocenters. The molecular weight excluding hydrogens is 1260 g/mol. The van der Waals surface area contributed by atoms with E-state index < -0.39 is 70.7 Å². The van der Waals surface area contributed by atoms with Crippen molar-refractivity contribution in [2.24, 2.45) is 0 Å². The molecule has 0 aromatic heterocycles. The number of rotatable bonds is 27. The lowest BCUT2D eigenvalue weighted by Gasteiger charge is -2.44. The zero-order chi connectivity index (χ0) is 69.1. The van der Waals surface area contributed by atoms with Gasteiger partial charge in [-0.1, -0.05) is 116 Å². The van der Waals surface area contributed by atoms with Gasteiger partial charge in [0.1, 0.15) is 24.8 Å². The molecule has 0 bridgehead atoms. The van der Waals surface area contributed by atoms with E-state index in [1.54, 1.807) is 11.9 Å². The first kappa shape index (κ1) is 72.0. The summed E-state index contributed by atoms with van der Waals surface area (Å²) in [5.74, 6) is -1.65. The minimum absolute atomic E-state index is 0.0264. The summed E-state index contributed by atoms with van der Waals surface area (Å²) in [5, 5.41) is 21.6. The van der Waals surface area contributed by atoms with Gasteiger partial charge < -0.3 is 49.1 Å². The maximum Gasteiger partial charge on any atom is 0.416 e. The molecule has 3 saturated heterocycles. The molecule has 3 fully saturated rings. The van der Waals surface area contributed by atoms with Crippen molar-refractivity contribution in [3.8, 4) is 11.1 Å². The molecule has 6 aromatic carbocycles. The average Bonchev–Trinajstić information content (AvgIpc) is 1.61. The monoisotopic (exact) mass is 1350 g/mol. The van der Waals surface area contributed by atoms with Gasteiger partial charge in [-0.2, -0.15) is 26.3 Å². The molecule has 520 valence electrons. The zero-order valence-electron chi connectivity index (χ0n) is 55.4. The first-order valence-corrected chi connectivity index (χ1v) is 33.6. The number of alkyl halides is 6. The van der Waals surface area contributed by atoms with Crippen molar-refractivity contribution in [3.63, 3.8) is 0 Å². The van der Waals surface area contributed by atoms with E-state index in [1.165, 1.54) is 34.7 Å². The van der Waals surface area contributed by atoms with Crippen LogP contribution in [-0.2, 0) is 55.4 Å². The molecule has 1 spiro atoms. The normalized spacial score (nSPS) is 18.7. The van der Waals surface area contributed by atoms with Crippen LogP contribution in [0.2, 0.25) is 0 Å². The van der Waals surface area contributed by atoms with Crippen LogP contribution in [0.4, 0.5) is 41.2 Å². The van der Waals surface area contributed by atoms with Crippen LogP contribution in [-0.4, -0.2) is 176 Å². The van der Waals surface area contributed by atoms with E-state index in [2.05, 4.69) is 33.9 Å². The number of nitrogens with zero attached hydrogens (tertiary/aromatic N) is 7. The highest BCUT2D eigenvalue weighted by Crippen LogP contribution is 2.49. The van der Waals surface area contributed by atoms with E-state index >= 15 is 0 Å². The summed E-state index contributed by atoms with van der Waals surface area (Å²) >= 11 is 0. The Morgan fingerprint density at radius 1 is 0.691 bits per heavy atom. The maximum absolute atomic E-state index is 14.2. The van der Waals surface area contributed by atoms with Gasteiger partial charge in [0.15, 0.2) is 0 Å². The summed E-state index contributed by atoms with van der Waals surface area (Å²) < 4.78 is 110. The third-order valence-electron chi connectivity index (χ3n) is 20.2. The van der Waals surface area contributed by atoms with Crippen LogP contribution in [0.5, 0.6) is 0 Å². The molecule has 0 saturated carbocycles. The molecule has 4 amide bonds. The fourth-order valence-electron chi connectivity index (χ4n) is 14.5. The molecule has 2 N–H and O–H groups in total. The lowest BCUT2D eigenvalue weighted by molar-refractivity contribution is -0.143. The lowest BCUT2D eigenvalue weighted by atomic mass is 9.72. The van der Waals surface area contributed by atoms with Crippen LogP contribution >= 0.6 is 0 Å². The molecule has 15 nitrogen and oxygen atoms in total. The van der Waals surface area contributed by atoms with Crippen molar-refractivity contribution in [3.05, 3.63) is 196 Å². The molecule has 3 heterocycles. The summed E-state index contributed by atoms with van der Waals surface area (Å²) in [4.78, 5) is 66.0. The van der Waals surface area contributed by atoms with Crippen molar-refractivity contribution in [1.82, 2.24) is 29.4 Å². The summed E-state index contributed by atoms with van der Waals surface area (Å²) in [7, 11) is 5.67. The Labute approximate surface area is 563 Å². The highest BCUT2D eigenvalue weighted by atomic mass is 19.4. The van der Waals surface area contributed by atoms with Gasteiger partial charge in [0, 0.05) is 88.9 Å². The Kier molecular flexibility index (Phi) is 23.7. The first-order valence-electron chi connectivity index (χ1n) is 33.6. The molecule has 1 unspecified atom stereocenters. The van der Waals surface area contributed by atoms with Gasteiger partial charge in [0.2, 0.25) is 11.8 Å². The van der Waals surface area contributed by atoms with Crippen molar-refractivity contribution in [2.75, 3.05) is 105 Å². The lowest BCUT2D eigenvalue weighted by Crippen LogP contribution is -2.50. The predicted molar refractivity (Wildman–Crippen MR) is 356 cm³/mol. The maximum atomic E-state index is 14.2. The van der Waals surface area contributed by atoms with Crippen molar-refractivity contribution in [1.29, 1.82) is 0 Å². The molecule has 97 heavy (non-hydrogen) atoms. The van der Waals surface area contributed by atoms with E-state index in [0.717, 1.165) is 84.7 Å². The van der Waals surface area contributed by atoms with Crippen molar-refractivity contribution in [2.45, 2.75) is 125 Å². The number of para-hydroxylation sites is 1. The number of anilines is 1. The fourth-order valence-corrected chi connectivity index (χ4v) is 14.5. The first-order chi connectivity index (χ1) is 46.4. The van der Waals surface area contributed by atoms with Crippen LogP contribution in [0.1, 0.15) is 126 Å². The number of likely N-dealkylation sites (N-methyl/N-ethyl adjacent to an activating group) is 2. The Bertz CT molecular complexity index is 3590. The minimum Gasteiger partial charge on any atom is -0.465 e. The van der Waals surface area contributed by atoms with E-state index in [9.17, 15) is 60.1 Å². The number of hydrogen-bond donors (Lipinski definition) is 2. The van der Waals surface area contributed by atoms with Gasteiger partial charge in [-0.15, -0.1) is 0 Å². The van der Waals surface area contributed by atoms with E-state index in [-0.39, 0.29) is 49.6 Å². The van der Waals surface area contributed by atoms with Crippen LogP contribution < -0.4 is 4.90 Å². The number of aliphatic hydroxyl groups is 1. The molecular formula is C75H88F7N7O8. The number of carboxylic acid groups (broad SMARTS) is 1. The number of piperidine rings is 2. The van der Waals surface area contributed by atoms with Gasteiger partial charge in [-0.25, -0.2) is 9.18 Å². The van der Waals surface area contributed by atoms with Gasteiger partial charge in [0.25, 0.3) is 5.91 Å². The number of carbonyl (C=O) groups is 4. The number of carbonyl (C=O) groups excluding carboxylic acids is 3. The average molecular weight is 1350 g/mol. The van der Waals surface area contributed by atoms with Crippen molar-refractivity contribution >= 4 is 29.5 Å². The molecule has 6 aromatic rings.